The average molecular weight is 396 g/mol. The van der Waals surface area contributed by atoms with E-state index in [2.05, 4.69) is 16.9 Å². The van der Waals surface area contributed by atoms with Gasteiger partial charge in [-0.3, -0.25) is 9.59 Å². The minimum Gasteiger partial charge on any atom is -0.506 e. The quantitative estimate of drug-likeness (QED) is 0.791. The molecule has 1 amide bonds. The second kappa shape index (κ2) is 6.87. The third kappa shape index (κ3) is 3.16. The van der Waals surface area contributed by atoms with Crippen molar-refractivity contribution in [1.29, 1.82) is 0 Å². The molecule has 3 rings (SSSR count). The number of hydrogen-bond donors (Lipinski definition) is 1. The number of carbonyl (C=O) groups is 2. The second-order valence-corrected chi connectivity index (χ2v) is 8.80. The number of anilines is 1. The molecule has 1 aromatic carbocycles. The Morgan fingerprint density at radius 2 is 1.62 bits per heavy atom. The molecule has 0 atom stereocenters. The topological polar surface area (TPSA) is 73.2 Å². The Hall–Kier alpha value is -2.89. The van der Waals surface area contributed by atoms with Gasteiger partial charge >= 0.3 is 0 Å². The minimum atomic E-state index is -0.433. The number of benzene rings is 1. The van der Waals surface area contributed by atoms with Crippen molar-refractivity contribution in [2.24, 2.45) is 10.5 Å². The fourth-order valence-corrected chi connectivity index (χ4v) is 3.86. The molecule has 0 fully saturated rings. The third-order valence-corrected chi connectivity index (χ3v) is 5.57. The van der Waals surface area contributed by atoms with Crippen LogP contribution in [0.2, 0.25) is 0 Å². The van der Waals surface area contributed by atoms with Crippen molar-refractivity contribution < 1.29 is 14.7 Å². The molecule has 6 heteroatoms. The van der Waals surface area contributed by atoms with Gasteiger partial charge in [0.25, 0.3) is 5.91 Å². The normalized spacial score (nSPS) is 19.7. The van der Waals surface area contributed by atoms with Crippen LogP contribution < -0.4 is 4.90 Å². The van der Waals surface area contributed by atoms with Crippen LogP contribution in [0, 0.1) is 19.3 Å². The molecule has 1 N–H and O–H groups in total. The van der Waals surface area contributed by atoms with Crippen molar-refractivity contribution in [1.82, 2.24) is 5.01 Å². The number of Topliss-reactive ketones (excluding diaryl/α,β-unsaturated/α-hetero) is 1. The van der Waals surface area contributed by atoms with Crippen molar-refractivity contribution >= 4 is 28.7 Å². The molecule has 0 radical (unpaired) electrons. The van der Waals surface area contributed by atoms with Crippen LogP contribution in [0.25, 0.3) is 5.57 Å². The number of ketones is 1. The van der Waals surface area contributed by atoms with Crippen LogP contribution in [0.1, 0.15) is 44.4 Å². The highest BCUT2D eigenvalue weighted by Crippen LogP contribution is 2.43. The van der Waals surface area contributed by atoms with Crippen molar-refractivity contribution in [2.45, 2.75) is 41.5 Å². The molecular weight excluding hydrogens is 366 g/mol. The SMILES string of the molecule is CCN(C)c1cc(C)c(C2=C(O)C(=C3C(=O)N(C)N=C3C(C)(C)C)C2=O)c(C)c1. The van der Waals surface area contributed by atoms with E-state index in [1.165, 1.54) is 5.01 Å². The highest BCUT2D eigenvalue weighted by atomic mass is 16.3. The van der Waals surface area contributed by atoms with Crippen LogP contribution in [-0.2, 0) is 9.59 Å². The summed E-state index contributed by atoms with van der Waals surface area (Å²) >= 11 is 0. The molecule has 29 heavy (non-hydrogen) atoms. The van der Waals surface area contributed by atoms with Crippen molar-refractivity contribution in [3.05, 3.63) is 45.7 Å². The maximum atomic E-state index is 13.2. The first-order valence-electron chi connectivity index (χ1n) is 9.83. The fraction of sp³-hybridized carbons (Fsp3) is 0.435. The summed E-state index contributed by atoms with van der Waals surface area (Å²) in [5, 5.41) is 16.4. The maximum Gasteiger partial charge on any atom is 0.276 e. The Balaban J connectivity index is 2.17. The molecule has 2 aliphatic rings. The summed E-state index contributed by atoms with van der Waals surface area (Å²) in [5.41, 5.74) is 4.29. The van der Waals surface area contributed by atoms with Gasteiger partial charge in [0.2, 0.25) is 5.78 Å². The lowest BCUT2D eigenvalue weighted by Gasteiger charge is -2.28. The van der Waals surface area contributed by atoms with Gasteiger partial charge in [-0.15, -0.1) is 0 Å². The maximum absolute atomic E-state index is 13.2. The zero-order valence-corrected chi connectivity index (χ0v) is 18.5. The van der Waals surface area contributed by atoms with Crippen molar-refractivity contribution in [3.8, 4) is 0 Å². The van der Waals surface area contributed by atoms with E-state index in [0.717, 1.165) is 28.9 Å². The van der Waals surface area contributed by atoms with Crippen LogP contribution in [0.5, 0.6) is 0 Å². The predicted molar refractivity (Wildman–Crippen MR) is 116 cm³/mol. The van der Waals surface area contributed by atoms with Crippen LogP contribution in [0.4, 0.5) is 5.69 Å². The van der Waals surface area contributed by atoms with E-state index < -0.39 is 5.41 Å². The van der Waals surface area contributed by atoms with Crippen LogP contribution in [-0.4, -0.2) is 48.2 Å². The smallest absolute Gasteiger partial charge is 0.276 e. The van der Waals surface area contributed by atoms with Crippen LogP contribution in [0.3, 0.4) is 0 Å². The van der Waals surface area contributed by atoms with E-state index in [9.17, 15) is 14.7 Å². The first kappa shape index (κ1) is 20.8. The summed E-state index contributed by atoms with van der Waals surface area (Å²) in [7, 11) is 3.57. The predicted octanol–water partition coefficient (Wildman–Crippen LogP) is 3.78. The number of aliphatic hydroxyl groups is 1. The Kier molecular flexibility index (Phi) is 4.93. The Labute approximate surface area is 172 Å². The van der Waals surface area contributed by atoms with Gasteiger partial charge in [-0.25, -0.2) is 5.01 Å². The van der Waals surface area contributed by atoms with Gasteiger partial charge in [-0.05, 0) is 49.6 Å². The van der Waals surface area contributed by atoms with Crippen molar-refractivity contribution in [2.75, 3.05) is 25.5 Å². The number of aryl methyl sites for hydroxylation is 2. The molecule has 1 aromatic rings. The summed E-state index contributed by atoms with van der Waals surface area (Å²) < 4.78 is 0. The van der Waals surface area contributed by atoms with Gasteiger partial charge in [0, 0.05) is 31.7 Å². The largest absolute Gasteiger partial charge is 0.506 e. The standard InChI is InChI=1S/C23H29N3O3/c1-9-25(7)14-10-12(2)15(13(3)11-14)16-19(27)17(20(16)28)18-21(23(4,5)6)24-26(8)22(18)29/h10-11,27H,9H2,1-8H3. The van der Waals surface area contributed by atoms with Gasteiger partial charge in [0.1, 0.15) is 5.76 Å². The van der Waals surface area contributed by atoms with Gasteiger partial charge in [0.05, 0.1) is 22.4 Å². The van der Waals surface area contributed by atoms with Crippen LogP contribution >= 0.6 is 0 Å². The molecule has 1 aliphatic carbocycles. The van der Waals surface area contributed by atoms with E-state index >= 15 is 0 Å². The number of carbonyl (C=O) groups excluding carboxylic acids is 2. The molecule has 154 valence electrons. The fourth-order valence-electron chi connectivity index (χ4n) is 3.86. The van der Waals surface area contributed by atoms with Gasteiger partial charge in [-0.1, -0.05) is 20.8 Å². The highest BCUT2D eigenvalue weighted by molar-refractivity contribution is 6.44. The molecule has 1 heterocycles. The first-order valence-corrected chi connectivity index (χ1v) is 9.83. The number of amides is 1. The minimum absolute atomic E-state index is 0.0802. The highest BCUT2D eigenvalue weighted by Gasteiger charge is 2.46. The van der Waals surface area contributed by atoms with Gasteiger partial charge in [-0.2, -0.15) is 5.10 Å². The summed E-state index contributed by atoms with van der Waals surface area (Å²) in [6.45, 7) is 12.6. The summed E-state index contributed by atoms with van der Waals surface area (Å²) in [4.78, 5) is 27.9. The molecule has 0 unspecified atom stereocenters. The second-order valence-electron chi connectivity index (χ2n) is 8.80. The van der Waals surface area contributed by atoms with Crippen LogP contribution in [0.15, 0.2) is 34.1 Å². The average Bonchev–Trinajstić information content (AvgIpc) is 2.92. The lowest BCUT2D eigenvalue weighted by atomic mass is 9.74. The Morgan fingerprint density at radius 3 is 2.07 bits per heavy atom. The molecule has 0 saturated carbocycles. The Bertz CT molecular complexity index is 999. The molecule has 6 nitrogen and oxygen atoms in total. The number of likely N-dealkylation sites (N-methyl/N-ethyl adjacent to an activating group) is 1. The third-order valence-electron chi connectivity index (χ3n) is 5.57. The Morgan fingerprint density at radius 1 is 1.07 bits per heavy atom. The lowest BCUT2D eigenvalue weighted by molar-refractivity contribution is -0.125. The van der Waals surface area contributed by atoms with E-state index in [1.807, 2.05) is 53.8 Å². The number of hydrazone groups is 1. The summed E-state index contributed by atoms with van der Waals surface area (Å²) in [6.07, 6.45) is 0. The van der Waals surface area contributed by atoms with E-state index in [-0.39, 0.29) is 34.2 Å². The molecule has 1 aliphatic heterocycles. The van der Waals surface area contributed by atoms with E-state index in [0.29, 0.717) is 5.71 Å². The molecular formula is C23H29N3O3. The molecule has 0 bridgehead atoms. The van der Waals surface area contributed by atoms with Crippen molar-refractivity contribution in [3.63, 3.8) is 0 Å². The molecule has 0 saturated heterocycles. The number of allylic oxidation sites excluding steroid dienone is 2. The number of aliphatic hydroxyl groups excluding tert-OH is 1. The lowest BCUT2D eigenvalue weighted by Crippen LogP contribution is -2.32. The summed E-state index contributed by atoms with van der Waals surface area (Å²) in [6, 6.07) is 4.03. The molecule has 0 spiro atoms. The zero-order valence-electron chi connectivity index (χ0n) is 18.5. The van der Waals surface area contributed by atoms with E-state index in [1.54, 1.807) is 7.05 Å². The number of hydrogen-bond acceptors (Lipinski definition) is 5. The number of rotatable bonds is 3. The number of nitrogens with zero attached hydrogens (tertiary/aromatic N) is 3. The molecule has 0 aromatic heterocycles. The van der Waals surface area contributed by atoms with Gasteiger partial charge < -0.3 is 10.0 Å². The van der Waals surface area contributed by atoms with Gasteiger partial charge in [0.15, 0.2) is 0 Å². The summed E-state index contributed by atoms with van der Waals surface area (Å²) in [5.74, 6) is -0.786. The van der Waals surface area contributed by atoms with E-state index in [4.69, 9.17) is 0 Å². The monoisotopic (exact) mass is 395 g/mol. The zero-order chi connectivity index (χ0) is 21.8. The first-order chi connectivity index (χ1) is 13.4.